The first kappa shape index (κ1) is 8.16. The van der Waals surface area contributed by atoms with Crippen molar-refractivity contribution < 1.29 is 9.47 Å². The van der Waals surface area contributed by atoms with E-state index in [1.54, 1.807) is 0 Å². The van der Waals surface area contributed by atoms with Crippen LogP contribution in [0.15, 0.2) is 26.5 Å². The maximum Gasteiger partial charge on any atom is 0.274 e. The number of hydrogen-bond acceptors (Lipinski definition) is 5. The van der Waals surface area contributed by atoms with Gasteiger partial charge in [-0.25, -0.2) is 0 Å². The molecule has 1 heterocycles. The van der Waals surface area contributed by atoms with Crippen molar-refractivity contribution in [3.63, 3.8) is 0 Å². The van der Waals surface area contributed by atoms with Gasteiger partial charge in [-0.05, 0) is 12.1 Å². The molecule has 0 saturated heterocycles. The minimum atomic E-state index is -1.01. The molecule has 15 heavy (non-hydrogen) atoms. The molecule has 5 nitrogen and oxygen atoms in total. The average Bonchev–Trinajstić information content (AvgIpc) is 2.78. The summed E-state index contributed by atoms with van der Waals surface area (Å²) in [6.45, 7) is 0.00144. The fraction of sp³-hybridized carbons (Fsp3) is 0.100. The van der Waals surface area contributed by atoms with Gasteiger partial charge in [-0.2, -0.15) is 0 Å². The van der Waals surface area contributed by atoms with Crippen molar-refractivity contribution >= 4 is 10.8 Å². The van der Waals surface area contributed by atoms with Crippen LogP contribution in [0.4, 0.5) is 0 Å². The number of rotatable bonds is 0. The van der Waals surface area contributed by atoms with E-state index in [0.717, 1.165) is 0 Å². The summed E-state index contributed by atoms with van der Waals surface area (Å²) in [7, 11) is 0. The molecule has 0 radical (unpaired) electrons. The predicted octanol–water partition coefficient (Wildman–Crippen LogP) is -0.475. The molecule has 0 fully saturated rings. The SMILES string of the molecule is O=c1c(=O)c2ccc3c(c2c1=O)OCO3. The van der Waals surface area contributed by atoms with Gasteiger partial charge < -0.3 is 9.47 Å². The lowest BCUT2D eigenvalue weighted by Gasteiger charge is -1.94. The van der Waals surface area contributed by atoms with Gasteiger partial charge in [0.25, 0.3) is 5.43 Å². The Morgan fingerprint density at radius 3 is 2.53 bits per heavy atom. The first-order chi connectivity index (χ1) is 7.20. The number of ether oxygens (including phenoxy) is 2. The van der Waals surface area contributed by atoms with Gasteiger partial charge in [0.2, 0.25) is 17.7 Å². The maximum absolute atomic E-state index is 11.5. The molecule has 0 aromatic heterocycles. The fourth-order valence-electron chi connectivity index (χ4n) is 1.73. The Hall–Kier alpha value is -2.17. The molecule has 1 aliphatic rings. The quantitative estimate of drug-likeness (QED) is 0.542. The molecule has 0 spiro atoms. The largest absolute Gasteiger partial charge is 0.454 e. The average molecular weight is 204 g/mol. The molecular formula is C10H4O5. The molecule has 74 valence electrons. The van der Waals surface area contributed by atoms with Crippen LogP contribution in [0.1, 0.15) is 0 Å². The molecule has 0 unspecified atom stereocenters. The Kier molecular flexibility index (Phi) is 1.33. The molecule has 0 bridgehead atoms. The van der Waals surface area contributed by atoms with Crippen molar-refractivity contribution in [3.05, 3.63) is 42.8 Å². The Labute approximate surface area is 82.2 Å². The van der Waals surface area contributed by atoms with Gasteiger partial charge in [-0.1, -0.05) is 0 Å². The van der Waals surface area contributed by atoms with Crippen molar-refractivity contribution in [3.8, 4) is 11.5 Å². The maximum atomic E-state index is 11.5. The smallest absolute Gasteiger partial charge is 0.274 e. The minimum absolute atomic E-state index is 0.00144. The summed E-state index contributed by atoms with van der Waals surface area (Å²) >= 11 is 0. The standard InChI is InChI=1S/C10H4O5/c11-7-4-1-2-5-10(15-3-14-5)6(4)8(12)9(7)13/h1-2H,3H2. The zero-order valence-corrected chi connectivity index (χ0v) is 7.40. The van der Waals surface area contributed by atoms with Gasteiger partial charge in [-0.3, -0.25) is 14.4 Å². The highest BCUT2D eigenvalue weighted by molar-refractivity contribution is 5.91. The first-order valence-electron chi connectivity index (χ1n) is 4.26. The zero-order valence-electron chi connectivity index (χ0n) is 7.40. The van der Waals surface area contributed by atoms with Crippen LogP contribution < -0.4 is 25.8 Å². The molecule has 3 rings (SSSR count). The Morgan fingerprint density at radius 1 is 0.933 bits per heavy atom. The van der Waals surface area contributed by atoms with E-state index in [0.29, 0.717) is 5.75 Å². The Morgan fingerprint density at radius 2 is 1.73 bits per heavy atom. The van der Waals surface area contributed by atoms with Crippen molar-refractivity contribution in [2.45, 2.75) is 0 Å². The normalized spacial score (nSPS) is 13.6. The third-order valence-corrected chi connectivity index (χ3v) is 2.42. The Balaban J connectivity index is 2.68. The predicted molar refractivity (Wildman–Crippen MR) is 51.3 cm³/mol. The monoisotopic (exact) mass is 204 g/mol. The van der Waals surface area contributed by atoms with E-state index in [4.69, 9.17) is 9.47 Å². The summed E-state index contributed by atoms with van der Waals surface area (Å²) < 4.78 is 10.1. The molecule has 0 atom stereocenters. The molecule has 5 heteroatoms. The number of hydrogen-bond donors (Lipinski definition) is 0. The summed E-state index contributed by atoms with van der Waals surface area (Å²) in [6.07, 6.45) is 0. The lowest BCUT2D eigenvalue weighted by atomic mass is 10.2. The van der Waals surface area contributed by atoms with E-state index in [-0.39, 0.29) is 23.3 Å². The van der Waals surface area contributed by atoms with Crippen LogP contribution in [0.5, 0.6) is 11.5 Å². The lowest BCUT2D eigenvalue weighted by molar-refractivity contribution is 0.175. The molecule has 2 aromatic carbocycles. The topological polar surface area (TPSA) is 69.7 Å². The second kappa shape index (κ2) is 2.44. The summed E-state index contributed by atoms with van der Waals surface area (Å²) in [5, 5.41) is 0.147. The highest BCUT2D eigenvalue weighted by Gasteiger charge is 2.23. The molecule has 0 amide bonds. The fourth-order valence-corrected chi connectivity index (χ4v) is 1.73. The zero-order chi connectivity index (χ0) is 10.6. The van der Waals surface area contributed by atoms with E-state index >= 15 is 0 Å². The van der Waals surface area contributed by atoms with Crippen LogP contribution in [-0.4, -0.2) is 6.79 Å². The van der Waals surface area contributed by atoms with Gasteiger partial charge in [0.1, 0.15) is 0 Å². The molecule has 0 N–H and O–H groups in total. The van der Waals surface area contributed by atoms with E-state index in [9.17, 15) is 14.4 Å². The van der Waals surface area contributed by atoms with Crippen LogP contribution in [0.3, 0.4) is 0 Å². The highest BCUT2D eigenvalue weighted by atomic mass is 16.7. The minimum Gasteiger partial charge on any atom is -0.454 e. The molecule has 1 aliphatic heterocycles. The third kappa shape index (κ3) is 0.843. The second-order valence-corrected chi connectivity index (χ2v) is 3.21. The molecule has 2 aromatic rings. The van der Waals surface area contributed by atoms with Crippen LogP contribution in [0.25, 0.3) is 10.8 Å². The second-order valence-electron chi connectivity index (χ2n) is 3.21. The summed E-state index contributed by atoms with van der Waals surface area (Å²) in [5.74, 6) is 0.598. The number of fused-ring (bicyclic) bond motifs is 3. The third-order valence-electron chi connectivity index (χ3n) is 2.42. The van der Waals surface area contributed by atoms with Gasteiger partial charge in [-0.15, -0.1) is 0 Å². The number of benzene rings is 1. The lowest BCUT2D eigenvalue weighted by Crippen LogP contribution is -2.29. The van der Waals surface area contributed by atoms with Crippen molar-refractivity contribution in [2.24, 2.45) is 0 Å². The Bertz CT molecular complexity index is 706. The van der Waals surface area contributed by atoms with Crippen molar-refractivity contribution in [2.75, 3.05) is 6.79 Å². The van der Waals surface area contributed by atoms with Gasteiger partial charge in [0.05, 0.1) is 5.39 Å². The van der Waals surface area contributed by atoms with Gasteiger partial charge >= 0.3 is 0 Å². The van der Waals surface area contributed by atoms with Crippen LogP contribution >= 0.6 is 0 Å². The molecular weight excluding hydrogens is 200 g/mol. The highest BCUT2D eigenvalue weighted by Crippen LogP contribution is 2.36. The first-order valence-corrected chi connectivity index (χ1v) is 4.26. The van der Waals surface area contributed by atoms with E-state index in [2.05, 4.69) is 0 Å². The van der Waals surface area contributed by atoms with Gasteiger partial charge in [0, 0.05) is 5.39 Å². The van der Waals surface area contributed by atoms with Crippen LogP contribution in [0, 0.1) is 0 Å². The van der Waals surface area contributed by atoms with Crippen molar-refractivity contribution in [1.82, 2.24) is 0 Å². The van der Waals surface area contributed by atoms with E-state index in [1.165, 1.54) is 12.1 Å². The molecule has 0 aliphatic carbocycles. The molecule has 0 saturated carbocycles. The summed E-state index contributed by atoms with van der Waals surface area (Å²) in [5.41, 5.74) is -2.58. The summed E-state index contributed by atoms with van der Waals surface area (Å²) in [6, 6.07) is 2.93. The summed E-state index contributed by atoms with van der Waals surface area (Å²) in [4.78, 5) is 34.0. The van der Waals surface area contributed by atoms with E-state index in [1.807, 2.05) is 0 Å². The van der Waals surface area contributed by atoms with Gasteiger partial charge in [0.15, 0.2) is 11.5 Å². The van der Waals surface area contributed by atoms with Crippen LogP contribution in [-0.2, 0) is 0 Å². The van der Waals surface area contributed by atoms with Crippen LogP contribution in [0.2, 0.25) is 0 Å². The van der Waals surface area contributed by atoms with E-state index < -0.39 is 16.3 Å². The van der Waals surface area contributed by atoms with Crippen molar-refractivity contribution in [1.29, 1.82) is 0 Å².